The first-order chi connectivity index (χ1) is 2.56. The Morgan fingerprint density at radius 1 is 1.67 bits per heavy atom. The lowest BCUT2D eigenvalue weighted by atomic mass is 10.7. The van der Waals surface area contributed by atoms with Crippen LogP contribution < -0.4 is 0 Å². The summed E-state index contributed by atoms with van der Waals surface area (Å²) in [5.41, 5.74) is 0. The molecule has 0 fully saturated rings. The summed E-state index contributed by atoms with van der Waals surface area (Å²) in [5, 5.41) is 8.90. The van der Waals surface area contributed by atoms with E-state index < -0.39 is 6.11 Å². The quantitative estimate of drug-likeness (QED) is 0.390. The molecule has 0 saturated carbocycles. The maximum atomic E-state index is 10.7. The number of hydrogen-bond donors (Lipinski definition) is 0. The summed E-state index contributed by atoms with van der Waals surface area (Å²) in [6.45, 7) is 0. The number of alkyl halides is 2. The molecule has 6 heavy (non-hydrogen) atoms. The number of rotatable bonds is 0. The van der Waals surface area contributed by atoms with Crippen LogP contribution in [0.15, 0.2) is 0 Å². The smallest absolute Gasteiger partial charge is 0.160 e. The van der Waals surface area contributed by atoms with Crippen molar-refractivity contribution in [1.29, 1.82) is 0 Å². The van der Waals surface area contributed by atoms with Gasteiger partial charge in [0.05, 0.1) is 0 Å². The minimum absolute atomic E-state index is 0.715. The van der Waals surface area contributed by atoms with Crippen molar-refractivity contribution >= 4 is 0 Å². The molecule has 3 heteroatoms. The fraction of sp³-hybridized carbons (Fsp3) is 0.333. The summed E-state index contributed by atoms with van der Waals surface area (Å²) < 4.78 is 21.3. The van der Waals surface area contributed by atoms with Crippen LogP contribution in [0.25, 0.3) is 0 Å². The zero-order chi connectivity index (χ0) is 5.21. The van der Waals surface area contributed by atoms with E-state index in [0.717, 1.165) is 0 Å². The Balaban J connectivity index is 3.55. The van der Waals surface area contributed by atoms with Gasteiger partial charge >= 0.3 is 6.11 Å². The molecule has 0 aliphatic rings. The molecule has 0 aliphatic heterocycles. The standard InChI is InChI=1S/C3HF2O/c1-2-3(4,5)6/h1H. The average molecular weight is 91.0 g/mol. The van der Waals surface area contributed by atoms with Crippen LogP contribution in [0.4, 0.5) is 8.78 Å². The summed E-state index contributed by atoms with van der Waals surface area (Å²) in [7, 11) is 0. The molecule has 0 amide bonds. The fourth-order valence-corrected chi connectivity index (χ4v) is 0. The highest BCUT2D eigenvalue weighted by molar-refractivity contribution is 4.92. The van der Waals surface area contributed by atoms with Crippen LogP contribution in [0.3, 0.4) is 0 Å². The van der Waals surface area contributed by atoms with Crippen LogP contribution in [-0.2, 0) is 5.11 Å². The van der Waals surface area contributed by atoms with Gasteiger partial charge in [-0.3, -0.25) is 0 Å². The topological polar surface area (TPSA) is 19.9 Å². The number of halogens is 2. The number of terminal acetylenes is 1. The third-order valence-corrected chi connectivity index (χ3v) is 0.168. The monoisotopic (exact) mass is 91.0 g/mol. The molecule has 0 aromatic carbocycles. The molecule has 0 aromatic rings. The molecule has 0 heterocycles. The van der Waals surface area contributed by atoms with E-state index >= 15 is 0 Å². The van der Waals surface area contributed by atoms with E-state index in [9.17, 15) is 8.78 Å². The second-order valence-electron chi connectivity index (χ2n) is 0.661. The maximum Gasteiger partial charge on any atom is 0.448 e. The highest BCUT2D eigenvalue weighted by Gasteiger charge is 2.21. The van der Waals surface area contributed by atoms with Crippen molar-refractivity contribution in [2.75, 3.05) is 0 Å². The van der Waals surface area contributed by atoms with Gasteiger partial charge in [-0.2, -0.15) is 8.78 Å². The second-order valence-corrected chi connectivity index (χ2v) is 0.661. The molecule has 1 radical (unpaired) electrons. The van der Waals surface area contributed by atoms with E-state index in [4.69, 9.17) is 5.11 Å². The van der Waals surface area contributed by atoms with E-state index in [0.29, 0.717) is 5.92 Å². The van der Waals surface area contributed by atoms with E-state index in [-0.39, 0.29) is 0 Å². The van der Waals surface area contributed by atoms with Gasteiger partial charge in [0.1, 0.15) is 0 Å². The van der Waals surface area contributed by atoms with Crippen molar-refractivity contribution in [3.63, 3.8) is 0 Å². The molecule has 0 bridgehead atoms. The van der Waals surface area contributed by atoms with Gasteiger partial charge in [-0.05, 0) is 0 Å². The van der Waals surface area contributed by atoms with Gasteiger partial charge in [-0.15, -0.1) is 11.5 Å². The van der Waals surface area contributed by atoms with E-state index in [1.807, 2.05) is 0 Å². The lowest BCUT2D eigenvalue weighted by Crippen LogP contribution is -2.05. The van der Waals surface area contributed by atoms with Gasteiger partial charge in [-0.25, -0.2) is 0 Å². The van der Waals surface area contributed by atoms with Gasteiger partial charge in [-0.1, -0.05) is 0 Å². The molecule has 0 atom stereocenters. The Kier molecular flexibility index (Phi) is 1.10. The second kappa shape index (κ2) is 1.23. The first kappa shape index (κ1) is 5.38. The zero-order valence-electron chi connectivity index (χ0n) is 2.74. The van der Waals surface area contributed by atoms with Crippen LogP contribution >= 0.6 is 0 Å². The molecular weight excluding hydrogens is 90.0 g/mol. The molecule has 0 aromatic heterocycles. The van der Waals surface area contributed by atoms with Crippen LogP contribution in [0.5, 0.6) is 0 Å². The first-order valence-corrected chi connectivity index (χ1v) is 1.12. The van der Waals surface area contributed by atoms with Gasteiger partial charge in [0, 0.05) is 5.92 Å². The predicted octanol–water partition coefficient (Wildman–Crippen LogP) is 0.643. The highest BCUT2D eigenvalue weighted by atomic mass is 19.3. The Hall–Kier alpha value is -0.620. The molecule has 1 nitrogen and oxygen atoms in total. The van der Waals surface area contributed by atoms with Crippen molar-refractivity contribution in [3.8, 4) is 12.3 Å². The van der Waals surface area contributed by atoms with Crippen molar-refractivity contribution in [2.45, 2.75) is 6.11 Å². The lowest BCUT2D eigenvalue weighted by Gasteiger charge is -1.88. The SMILES string of the molecule is C#CC([O])(F)F. The van der Waals surface area contributed by atoms with Gasteiger partial charge in [0.15, 0.2) is 0 Å². The molecule has 33 valence electrons. The van der Waals surface area contributed by atoms with E-state index in [2.05, 4.69) is 6.42 Å². The molecule has 0 N–H and O–H groups in total. The molecule has 0 aliphatic carbocycles. The summed E-state index contributed by atoms with van der Waals surface area (Å²) in [4.78, 5) is 0. The maximum absolute atomic E-state index is 10.7. The predicted molar refractivity (Wildman–Crippen MR) is 14.5 cm³/mol. The molecule has 0 unspecified atom stereocenters. The Morgan fingerprint density at radius 3 is 1.83 bits per heavy atom. The summed E-state index contributed by atoms with van der Waals surface area (Å²) >= 11 is 0. The zero-order valence-corrected chi connectivity index (χ0v) is 2.74. The molecule has 0 rings (SSSR count). The fourth-order valence-electron chi connectivity index (χ4n) is 0. The van der Waals surface area contributed by atoms with Crippen LogP contribution in [0, 0.1) is 12.3 Å². The Labute approximate surface area is 33.6 Å². The van der Waals surface area contributed by atoms with Crippen LogP contribution in [-0.4, -0.2) is 6.11 Å². The van der Waals surface area contributed by atoms with Gasteiger partial charge in [0.25, 0.3) is 0 Å². The van der Waals surface area contributed by atoms with Gasteiger partial charge in [0.2, 0.25) is 0 Å². The van der Waals surface area contributed by atoms with Crippen LogP contribution in [0.1, 0.15) is 0 Å². The van der Waals surface area contributed by atoms with Crippen molar-refractivity contribution in [1.82, 2.24) is 0 Å². The summed E-state index contributed by atoms with van der Waals surface area (Å²) in [6.07, 6.45) is -0.188. The van der Waals surface area contributed by atoms with Crippen LogP contribution in [0.2, 0.25) is 0 Å². The largest absolute Gasteiger partial charge is 0.448 e. The Morgan fingerprint density at radius 2 is 1.83 bits per heavy atom. The Bertz CT molecular complexity index is 75.8. The lowest BCUT2D eigenvalue weighted by molar-refractivity contribution is -0.191. The van der Waals surface area contributed by atoms with E-state index in [1.165, 1.54) is 0 Å². The minimum Gasteiger partial charge on any atom is -0.160 e. The highest BCUT2D eigenvalue weighted by Crippen LogP contribution is 2.04. The third kappa shape index (κ3) is 3.38. The van der Waals surface area contributed by atoms with Crippen molar-refractivity contribution < 1.29 is 13.9 Å². The minimum atomic E-state index is -4.18. The number of hydrogen-bond acceptors (Lipinski definition) is 0. The molecule has 0 saturated heterocycles. The summed E-state index contributed by atoms with van der Waals surface area (Å²) in [5.74, 6) is 0.715. The third-order valence-electron chi connectivity index (χ3n) is 0.168. The van der Waals surface area contributed by atoms with E-state index in [1.54, 1.807) is 0 Å². The molecule has 0 spiro atoms. The molecular formula is C3HF2O. The van der Waals surface area contributed by atoms with Crippen molar-refractivity contribution in [2.24, 2.45) is 0 Å². The van der Waals surface area contributed by atoms with Crippen molar-refractivity contribution in [3.05, 3.63) is 0 Å². The average Bonchev–Trinajstić information content (AvgIpc) is 1.35. The first-order valence-electron chi connectivity index (χ1n) is 1.12. The normalized spacial score (nSPS) is 10.3. The van der Waals surface area contributed by atoms with Gasteiger partial charge < -0.3 is 0 Å². The summed E-state index contributed by atoms with van der Waals surface area (Å²) in [6, 6.07) is 0.